The standard InChI is InChI=1S/C14H22N4O/c1-2-9-18(13-5-3-12(15)4-6-13)14(19)11-7-8-16-17-10-11/h7-8,10,12-13H,2-6,9,15H2,1H3. The molecule has 19 heavy (non-hydrogen) atoms. The molecule has 0 spiro atoms. The lowest BCUT2D eigenvalue weighted by Gasteiger charge is -2.36. The number of hydrogen-bond acceptors (Lipinski definition) is 4. The molecule has 1 aliphatic carbocycles. The lowest BCUT2D eigenvalue weighted by atomic mass is 9.90. The second-order valence-corrected chi connectivity index (χ2v) is 5.20. The van der Waals surface area contributed by atoms with Crippen LogP contribution in [0.4, 0.5) is 0 Å². The van der Waals surface area contributed by atoms with E-state index in [4.69, 9.17) is 5.73 Å². The van der Waals surface area contributed by atoms with E-state index in [1.54, 1.807) is 18.5 Å². The van der Waals surface area contributed by atoms with Crippen molar-refractivity contribution >= 4 is 5.91 Å². The van der Waals surface area contributed by atoms with Gasteiger partial charge in [0.2, 0.25) is 0 Å². The van der Waals surface area contributed by atoms with E-state index < -0.39 is 0 Å². The summed E-state index contributed by atoms with van der Waals surface area (Å²) >= 11 is 0. The van der Waals surface area contributed by atoms with Gasteiger partial charge in [-0.1, -0.05) is 6.92 Å². The molecule has 5 nitrogen and oxygen atoms in total. The SMILES string of the molecule is CCCN(C(=O)c1ccnnc1)C1CCC(N)CC1. The largest absolute Gasteiger partial charge is 0.336 e. The summed E-state index contributed by atoms with van der Waals surface area (Å²) in [6.45, 7) is 2.89. The molecule has 1 aromatic rings. The van der Waals surface area contributed by atoms with Gasteiger partial charge in [-0.3, -0.25) is 4.79 Å². The third kappa shape index (κ3) is 3.50. The van der Waals surface area contributed by atoms with Gasteiger partial charge in [0.25, 0.3) is 5.91 Å². The number of hydrogen-bond donors (Lipinski definition) is 1. The summed E-state index contributed by atoms with van der Waals surface area (Å²) in [5.74, 6) is 0.0669. The van der Waals surface area contributed by atoms with Crippen LogP contribution in [0.15, 0.2) is 18.5 Å². The van der Waals surface area contributed by atoms with Crippen LogP contribution in [0.3, 0.4) is 0 Å². The summed E-state index contributed by atoms with van der Waals surface area (Å²) in [6, 6.07) is 2.35. The third-order valence-corrected chi connectivity index (χ3v) is 3.74. The Kier molecular flexibility index (Phi) is 4.85. The molecule has 0 unspecified atom stereocenters. The molecule has 104 valence electrons. The Morgan fingerprint density at radius 1 is 1.37 bits per heavy atom. The number of carbonyl (C=O) groups excluding carboxylic acids is 1. The van der Waals surface area contributed by atoms with E-state index in [0.29, 0.717) is 17.6 Å². The van der Waals surface area contributed by atoms with Gasteiger partial charge in [0.05, 0.1) is 18.0 Å². The maximum absolute atomic E-state index is 12.5. The van der Waals surface area contributed by atoms with E-state index in [1.807, 2.05) is 4.90 Å². The van der Waals surface area contributed by atoms with E-state index in [-0.39, 0.29) is 5.91 Å². The Labute approximate surface area is 114 Å². The first-order chi connectivity index (χ1) is 9.22. The van der Waals surface area contributed by atoms with Gasteiger partial charge in [0.15, 0.2) is 0 Å². The Bertz CT molecular complexity index is 401. The molecule has 1 saturated carbocycles. The second-order valence-electron chi connectivity index (χ2n) is 5.20. The Hall–Kier alpha value is -1.49. The molecule has 1 heterocycles. The fraction of sp³-hybridized carbons (Fsp3) is 0.643. The average molecular weight is 262 g/mol. The van der Waals surface area contributed by atoms with Crippen LogP contribution in [0.25, 0.3) is 0 Å². The van der Waals surface area contributed by atoms with Gasteiger partial charge in [-0.15, -0.1) is 0 Å². The maximum atomic E-state index is 12.5. The zero-order chi connectivity index (χ0) is 13.7. The Morgan fingerprint density at radius 3 is 2.68 bits per heavy atom. The minimum absolute atomic E-state index is 0.0669. The van der Waals surface area contributed by atoms with Gasteiger partial charge in [0.1, 0.15) is 0 Å². The number of aromatic nitrogens is 2. The van der Waals surface area contributed by atoms with Crippen LogP contribution in [0.1, 0.15) is 49.4 Å². The maximum Gasteiger partial charge on any atom is 0.255 e. The topological polar surface area (TPSA) is 72.1 Å². The van der Waals surface area contributed by atoms with Crippen LogP contribution >= 0.6 is 0 Å². The minimum atomic E-state index is 0.0669. The predicted octanol–water partition coefficient (Wildman–Crippen LogP) is 1.60. The molecule has 0 saturated heterocycles. The monoisotopic (exact) mass is 262 g/mol. The third-order valence-electron chi connectivity index (χ3n) is 3.74. The normalized spacial score (nSPS) is 23.1. The molecule has 5 heteroatoms. The molecule has 0 atom stereocenters. The molecule has 1 aromatic heterocycles. The van der Waals surface area contributed by atoms with Crippen LogP contribution in [0.2, 0.25) is 0 Å². The van der Waals surface area contributed by atoms with E-state index >= 15 is 0 Å². The summed E-state index contributed by atoms with van der Waals surface area (Å²) in [5, 5.41) is 7.51. The van der Waals surface area contributed by atoms with Crippen molar-refractivity contribution in [3.63, 3.8) is 0 Å². The lowest BCUT2D eigenvalue weighted by Crippen LogP contribution is -2.44. The number of rotatable bonds is 4. The van der Waals surface area contributed by atoms with Crippen molar-refractivity contribution in [1.29, 1.82) is 0 Å². The van der Waals surface area contributed by atoms with Crippen molar-refractivity contribution in [3.8, 4) is 0 Å². The van der Waals surface area contributed by atoms with Gasteiger partial charge in [-0.2, -0.15) is 10.2 Å². The number of nitrogens with zero attached hydrogens (tertiary/aromatic N) is 3. The van der Waals surface area contributed by atoms with E-state index in [9.17, 15) is 4.79 Å². The van der Waals surface area contributed by atoms with Crippen molar-refractivity contribution in [3.05, 3.63) is 24.0 Å². The summed E-state index contributed by atoms with van der Waals surface area (Å²) in [6.07, 6.45) is 8.09. The molecule has 0 aliphatic heterocycles. The number of amides is 1. The van der Waals surface area contributed by atoms with Crippen molar-refractivity contribution in [2.75, 3.05) is 6.54 Å². The minimum Gasteiger partial charge on any atom is -0.336 e. The first-order valence-electron chi connectivity index (χ1n) is 7.05. The molecule has 0 aromatic carbocycles. The molecule has 1 aliphatic rings. The highest BCUT2D eigenvalue weighted by Gasteiger charge is 2.27. The fourth-order valence-corrected chi connectivity index (χ4v) is 2.69. The zero-order valence-electron chi connectivity index (χ0n) is 11.5. The molecule has 1 amide bonds. The summed E-state index contributed by atoms with van der Waals surface area (Å²) in [7, 11) is 0. The van der Waals surface area contributed by atoms with Gasteiger partial charge >= 0.3 is 0 Å². The van der Waals surface area contributed by atoms with Gasteiger partial charge < -0.3 is 10.6 Å². The summed E-state index contributed by atoms with van der Waals surface area (Å²) < 4.78 is 0. The molecule has 2 rings (SSSR count). The van der Waals surface area contributed by atoms with Crippen molar-refractivity contribution in [2.45, 2.75) is 51.1 Å². The highest BCUT2D eigenvalue weighted by atomic mass is 16.2. The van der Waals surface area contributed by atoms with Crippen LogP contribution in [-0.2, 0) is 0 Å². The highest BCUT2D eigenvalue weighted by molar-refractivity contribution is 5.94. The van der Waals surface area contributed by atoms with Crippen LogP contribution < -0.4 is 5.73 Å². The summed E-state index contributed by atoms with van der Waals surface area (Å²) in [5.41, 5.74) is 6.56. The van der Waals surface area contributed by atoms with Crippen LogP contribution in [0.5, 0.6) is 0 Å². The lowest BCUT2D eigenvalue weighted by molar-refractivity contribution is 0.0626. The second kappa shape index (κ2) is 6.61. The van der Waals surface area contributed by atoms with Crippen molar-refractivity contribution < 1.29 is 4.79 Å². The fourth-order valence-electron chi connectivity index (χ4n) is 2.69. The van der Waals surface area contributed by atoms with Gasteiger partial charge in [0, 0.05) is 18.6 Å². The number of nitrogens with two attached hydrogens (primary N) is 1. The van der Waals surface area contributed by atoms with Gasteiger partial charge in [-0.25, -0.2) is 0 Å². The van der Waals surface area contributed by atoms with E-state index in [2.05, 4.69) is 17.1 Å². The first kappa shape index (κ1) is 13.9. The zero-order valence-corrected chi connectivity index (χ0v) is 11.5. The molecule has 2 N–H and O–H groups in total. The summed E-state index contributed by atoms with van der Waals surface area (Å²) in [4.78, 5) is 14.5. The Balaban J connectivity index is 2.09. The molecular formula is C14H22N4O. The molecule has 0 bridgehead atoms. The van der Waals surface area contributed by atoms with E-state index in [0.717, 1.165) is 38.6 Å². The predicted molar refractivity (Wildman–Crippen MR) is 73.6 cm³/mol. The van der Waals surface area contributed by atoms with E-state index in [1.165, 1.54) is 0 Å². The van der Waals surface area contributed by atoms with Gasteiger partial charge in [-0.05, 0) is 38.2 Å². The smallest absolute Gasteiger partial charge is 0.255 e. The highest BCUT2D eigenvalue weighted by Crippen LogP contribution is 2.23. The molecule has 0 radical (unpaired) electrons. The van der Waals surface area contributed by atoms with Crippen molar-refractivity contribution in [1.82, 2.24) is 15.1 Å². The van der Waals surface area contributed by atoms with Crippen molar-refractivity contribution in [2.24, 2.45) is 5.73 Å². The average Bonchev–Trinajstić information content (AvgIpc) is 2.46. The quantitative estimate of drug-likeness (QED) is 0.894. The number of carbonyl (C=O) groups is 1. The van der Waals surface area contributed by atoms with Crippen LogP contribution in [0, 0.1) is 0 Å². The van der Waals surface area contributed by atoms with Crippen LogP contribution in [-0.4, -0.2) is 39.6 Å². The molecule has 1 fully saturated rings. The molecular weight excluding hydrogens is 240 g/mol. The Morgan fingerprint density at radius 2 is 2.11 bits per heavy atom. The first-order valence-corrected chi connectivity index (χ1v) is 7.05.